The summed E-state index contributed by atoms with van der Waals surface area (Å²) in [5, 5.41) is 10.7. The molecule has 110 valence electrons. The van der Waals surface area contributed by atoms with E-state index in [9.17, 15) is 9.90 Å². The molecule has 1 aliphatic heterocycles. The smallest absolute Gasteiger partial charge is 0.229 e. The highest BCUT2D eigenvalue weighted by molar-refractivity contribution is 5.83. The number of aliphatic hydroxyl groups is 1. The van der Waals surface area contributed by atoms with Crippen molar-refractivity contribution in [1.29, 1.82) is 0 Å². The fraction of sp³-hybridized carbons (Fsp3) is 0.375. The van der Waals surface area contributed by atoms with Gasteiger partial charge in [-0.1, -0.05) is 30.3 Å². The molecule has 1 amide bonds. The van der Waals surface area contributed by atoms with Gasteiger partial charge in [0.05, 0.1) is 18.3 Å². The topological polar surface area (TPSA) is 58.4 Å². The Labute approximate surface area is 123 Å². The van der Waals surface area contributed by atoms with Gasteiger partial charge in [0, 0.05) is 38.4 Å². The second-order valence-corrected chi connectivity index (χ2v) is 5.64. The molecule has 0 radical (unpaired) electrons. The number of likely N-dealkylation sites (N-methyl/N-ethyl adjacent to an activating group) is 1. The van der Waals surface area contributed by atoms with Crippen LogP contribution in [0.5, 0.6) is 0 Å². The standard InChI is InChI=1S/C16H19N3O2/c1-18-9-12(13-8-17-10-19(13)2)14(16(18)21)15(20)11-6-4-3-5-7-11/h3-8,10,12,14-15,20H,9H2,1-2H3/t12-,14+,15+/m0/s1. The van der Waals surface area contributed by atoms with Crippen LogP contribution in [-0.2, 0) is 11.8 Å². The van der Waals surface area contributed by atoms with Crippen molar-refractivity contribution in [1.82, 2.24) is 14.5 Å². The van der Waals surface area contributed by atoms with Crippen LogP contribution in [0.3, 0.4) is 0 Å². The molecule has 1 saturated heterocycles. The molecule has 0 saturated carbocycles. The van der Waals surface area contributed by atoms with Crippen LogP contribution in [-0.4, -0.2) is 39.1 Å². The lowest BCUT2D eigenvalue weighted by Gasteiger charge is -2.22. The largest absolute Gasteiger partial charge is 0.388 e. The lowest BCUT2D eigenvalue weighted by molar-refractivity contribution is -0.133. The lowest BCUT2D eigenvalue weighted by atomic mass is 9.85. The number of carbonyl (C=O) groups is 1. The van der Waals surface area contributed by atoms with Crippen molar-refractivity contribution in [2.45, 2.75) is 12.0 Å². The first-order valence-corrected chi connectivity index (χ1v) is 7.04. The van der Waals surface area contributed by atoms with Gasteiger partial charge in [0.2, 0.25) is 5.91 Å². The molecule has 5 nitrogen and oxygen atoms in total. The minimum Gasteiger partial charge on any atom is -0.388 e. The predicted molar refractivity (Wildman–Crippen MR) is 78.5 cm³/mol. The molecule has 21 heavy (non-hydrogen) atoms. The Hall–Kier alpha value is -2.14. The van der Waals surface area contributed by atoms with Crippen LogP contribution in [0.15, 0.2) is 42.9 Å². The number of aliphatic hydroxyl groups excluding tert-OH is 1. The van der Waals surface area contributed by atoms with Gasteiger partial charge in [-0.2, -0.15) is 0 Å². The normalized spacial score (nSPS) is 23.6. The molecule has 1 aromatic heterocycles. The van der Waals surface area contributed by atoms with Crippen molar-refractivity contribution in [2.75, 3.05) is 13.6 Å². The van der Waals surface area contributed by atoms with Crippen molar-refractivity contribution < 1.29 is 9.90 Å². The average Bonchev–Trinajstić information content (AvgIpc) is 3.04. The van der Waals surface area contributed by atoms with E-state index < -0.39 is 12.0 Å². The van der Waals surface area contributed by atoms with Crippen molar-refractivity contribution in [3.05, 3.63) is 54.1 Å². The number of hydrogen-bond donors (Lipinski definition) is 1. The summed E-state index contributed by atoms with van der Waals surface area (Å²) >= 11 is 0. The van der Waals surface area contributed by atoms with Gasteiger partial charge >= 0.3 is 0 Å². The zero-order chi connectivity index (χ0) is 15.0. The van der Waals surface area contributed by atoms with Crippen LogP contribution in [0, 0.1) is 5.92 Å². The highest BCUT2D eigenvalue weighted by Gasteiger charge is 2.45. The number of hydrogen-bond acceptors (Lipinski definition) is 3. The van der Waals surface area contributed by atoms with E-state index in [0.29, 0.717) is 6.54 Å². The van der Waals surface area contributed by atoms with E-state index in [1.165, 1.54) is 0 Å². The first-order chi connectivity index (χ1) is 10.1. The SMILES string of the molecule is CN1C[C@@H](c2cncn2C)[C@H]([C@H](O)c2ccccc2)C1=O. The van der Waals surface area contributed by atoms with Crippen molar-refractivity contribution in [3.63, 3.8) is 0 Å². The Morgan fingerprint density at radius 1 is 1.29 bits per heavy atom. The second-order valence-electron chi connectivity index (χ2n) is 5.64. The van der Waals surface area contributed by atoms with E-state index in [1.54, 1.807) is 24.5 Å². The molecule has 1 aliphatic rings. The van der Waals surface area contributed by atoms with Crippen molar-refractivity contribution >= 4 is 5.91 Å². The van der Waals surface area contributed by atoms with Crippen LogP contribution in [0.4, 0.5) is 0 Å². The average molecular weight is 285 g/mol. The number of amides is 1. The monoisotopic (exact) mass is 285 g/mol. The van der Waals surface area contributed by atoms with Gasteiger partial charge in [-0.25, -0.2) is 4.98 Å². The van der Waals surface area contributed by atoms with E-state index in [4.69, 9.17) is 0 Å². The third-order valence-corrected chi connectivity index (χ3v) is 4.28. The van der Waals surface area contributed by atoms with Gasteiger partial charge in [0.25, 0.3) is 0 Å². The predicted octanol–water partition coefficient (Wildman–Crippen LogP) is 1.33. The Balaban J connectivity index is 1.97. The summed E-state index contributed by atoms with van der Waals surface area (Å²) < 4.78 is 1.92. The molecule has 1 fully saturated rings. The Kier molecular flexibility index (Phi) is 3.51. The van der Waals surface area contributed by atoms with Gasteiger partial charge in [0.1, 0.15) is 0 Å². The molecule has 2 aromatic rings. The first-order valence-electron chi connectivity index (χ1n) is 7.04. The Bertz CT molecular complexity index is 638. The molecule has 0 spiro atoms. The number of aromatic nitrogens is 2. The number of aryl methyl sites for hydroxylation is 1. The minimum atomic E-state index is -0.802. The number of rotatable bonds is 3. The number of carbonyl (C=O) groups excluding carboxylic acids is 1. The van der Waals surface area contributed by atoms with Gasteiger partial charge < -0.3 is 14.6 Å². The van der Waals surface area contributed by atoms with Crippen LogP contribution >= 0.6 is 0 Å². The van der Waals surface area contributed by atoms with Gasteiger partial charge in [-0.15, -0.1) is 0 Å². The van der Waals surface area contributed by atoms with Gasteiger partial charge in [-0.05, 0) is 5.56 Å². The number of benzene rings is 1. The van der Waals surface area contributed by atoms with Gasteiger partial charge in [-0.3, -0.25) is 4.79 Å². The zero-order valence-electron chi connectivity index (χ0n) is 12.2. The number of nitrogens with zero attached hydrogens (tertiary/aromatic N) is 3. The molecule has 0 aliphatic carbocycles. The molecule has 5 heteroatoms. The van der Waals surface area contributed by atoms with E-state index in [-0.39, 0.29) is 11.8 Å². The summed E-state index contributed by atoms with van der Waals surface area (Å²) in [6.07, 6.45) is 2.70. The summed E-state index contributed by atoms with van der Waals surface area (Å²) in [6, 6.07) is 9.37. The number of imidazole rings is 1. The lowest BCUT2D eigenvalue weighted by Crippen LogP contribution is -2.27. The number of likely N-dealkylation sites (tertiary alicyclic amines) is 1. The molecule has 1 aromatic carbocycles. The minimum absolute atomic E-state index is 0.0162. The highest BCUT2D eigenvalue weighted by atomic mass is 16.3. The maximum absolute atomic E-state index is 12.5. The molecule has 1 N–H and O–H groups in total. The third kappa shape index (κ3) is 2.34. The Morgan fingerprint density at radius 3 is 2.62 bits per heavy atom. The van der Waals surface area contributed by atoms with E-state index in [2.05, 4.69) is 4.98 Å². The zero-order valence-corrected chi connectivity index (χ0v) is 12.2. The Morgan fingerprint density at radius 2 is 2.00 bits per heavy atom. The molecular weight excluding hydrogens is 266 g/mol. The fourth-order valence-corrected chi connectivity index (χ4v) is 3.14. The summed E-state index contributed by atoms with van der Waals surface area (Å²) in [4.78, 5) is 18.3. The second kappa shape index (κ2) is 5.33. The van der Waals surface area contributed by atoms with E-state index in [1.807, 2.05) is 41.9 Å². The molecule has 0 unspecified atom stereocenters. The summed E-state index contributed by atoms with van der Waals surface area (Å²) in [5.41, 5.74) is 1.76. The summed E-state index contributed by atoms with van der Waals surface area (Å²) in [7, 11) is 3.69. The highest BCUT2D eigenvalue weighted by Crippen LogP contribution is 2.40. The van der Waals surface area contributed by atoms with E-state index in [0.717, 1.165) is 11.3 Å². The first kappa shape index (κ1) is 13.8. The van der Waals surface area contributed by atoms with Crippen LogP contribution < -0.4 is 0 Å². The van der Waals surface area contributed by atoms with Crippen LogP contribution in [0.1, 0.15) is 23.3 Å². The van der Waals surface area contributed by atoms with E-state index >= 15 is 0 Å². The molecule has 2 heterocycles. The maximum Gasteiger partial charge on any atom is 0.229 e. The molecule has 3 rings (SSSR count). The molecule has 0 bridgehead atoms. The quantitative estimate of drug-likeness (QED) is 0.925. The summed E-state index contributed by atoms with van der Waals surface area (Å²) in [6.45, 7) is 0.604. The fourth-order valence-electron chi connectivity index (χ4n) is 3.14. The summed E-state index contributed by atoms with van der Waals surface area (Å²) in [5.74, 6) is -0.532. The molecule has 3 atom stereocenters. The third-order valence-electron chi connectivity index (χ3n) is 4.28. The van der Waals surface area contributed by atoms with Crippen LogP contribution in [0.2, 0.25) is 0 Å². The maximum atomic E-state index is 12.5. The van der Waals surface area contributed by atoms with Crippen LogP contribution in [0.25, 0.3) is 0 Å². The van der Waals surface area contributed by atoms with Crippen molar-refractivity contribution in [2.24, 2.45) is 13.0 Å². The van der Waals surface area contributed by atoms with Crippen molar-refractivity contribution in [3.8, 4) is 0 Å². The molecular formula is C16H19N3O2. The van der Waals surface area contributed by atoms with Gasteiger partial charge in [0.15, 0.2) is 0 Å².